The maximum Gasteiger partial charge on any atom is 0.261 e. The minimum Gasteiger partial charge on any atom is -0.497 e. The standard InChI is InChI=1S/C34H36FN3O7S/c1-24(34(40)36-21-20-25-4-12-29(43-2)13-5-25)38(22-26-6-14-30(44-3)15-7-26)33(39)23-45-31-16-18-32(19-17-31)46(41,42)37-28-10-8-27(35)9-11-28/h4-19,24,37H,20-23H2,1-3H3,(H,36,40)/t24-/m0/s1. The Hall–Kier alpha value is -5.10. The number of rotatable bonds is 15. The smallest absolute Gasteiger partial charge is 0.261 e. The van der Waals surface area contributed by atoms with Crippen LogP contribution < -0.4 is 24.2 Å². The molecule has 46 heavy (non-hydrogen) atoms. The molecule has 0 aliphatic rings. The van der Waals surface area contributed by atoms with Gasteiger partial charge in [0.15, 0.2) is 6.61 Å². The molecular weight excluding hydrogens is 613 g/mol. The molecule has 0 unspecified atom stereocenters. The van der Waals surface area contributed by atoms with Crippen molar-refractivity contribution >= 4 is 27.5 Å². The Kier molecular flexibility index (Phi) is 11.6. The van der Waals surface area contributed by atoms with Gasteiger partial charge in [-0.2, -0.15) is 0 Å². The normalized spacial score (nSPS) is 11.7. The topological polar surface area (TPSA) is 123 Å². The van der Waals surface area contributed by atoms with E-state index < -0.39 is 27.8 Å². The first-order valence-electron chi connectivity index (χ1n) is 14.4. The highest BCUT2D eigenvalue weighted by Crippen LogP contribution is 2.21. The van der Waals surface area contributed by atoms with E-state index >= 15 is 0 Å². The van der Waals surface area contributed by atoms with Crippen molar-refractivity contribution in [1.82, 2.24) is 10.2 Å². The van der Waals surface area contributed by atoms with Crippen molar-refractivity contribution in [3.8, 4) is 17.2 Å². The van der Waals surface area contributed by atoms with Gasteiger partial charge in [0, 0.05) is 18.8 Å². The summed E-state index contributed by atoms with van der Waals surface area (Å²) in [5.74, 6) is 0.419. The van der Waals surface area contributed by atoms with Crippen molar-refractivity contribution in [3.63, 3.8) is 0 Å². The van der Waals surface area contributed by atoms with Crippen LogP contribution in [-0.2, 0) is 32.6 Å². The zero-order valence-corrected chi connectivity index (χ0v) is 26.6. The summed E-state index contributed by atoms with van der Waals surface area (Å²) in [4.78, 5) is 28.0. The fraction of sp³-hybridized carbons (Fsp3) is 0.235. The van der Waals surface area contributed by atoms with Crippen LogP contribution in [0, 0.1) is 5.82 Å². The van der Waals surface area contributed by atoms with E-state index in [1.807, 2.05) is 36.4 Å². The fourth-order valence-corrected chi connectivity index (χ4v) is 5.51. The van der Waals surface area contributed by atoms with E-state index in [9.17, 15) is 22.4 Å². The molecule has 0 saturated heterocycles. The molecule has 12 heteroatoms. The van der Waals surface area contributed by atoms with Gasteiger partial charge in [0.25, 0.3) is 15.9 Å². The Labute approximate surface area is 268 Å². The number of sulfonamides is 1. The first kappa shape index (κ1) is 33.8. The quantitative estimate of drug-likeness (QED) is 0.190. The lowest BCUT2D eigenvalue weighted by atomic mass is 10.1. The molecule has 4 rings (SSSR count). The van der Waals surface area contributed by atoms with Crippen molar-refractivity contribution in [2.45, 2.75) is 30.8 Å². The molecule has 10 nitrogen and oxygen atoms in total. The van der Waals surface area contributed by atoms with Crippen LogP contribution in [0.15, 0.2) is 102 Å². The highest BCUT2D eigenvalue weighted by Gasteiger charge is 2.26. The summed E-state index contributed by atoms with van der Waals surface area (Å²) >= 11 is 0. The second kappa shape index (κ2) is 15.8. The second-order valence-electron chi connectivity index (χ2n) is 10.3. The number of nitrogens with zero attached hydrogens (tertiary/aromatic N) is 1. The third-order valence-electron chi connectivity index (χ3n) is 7.14. The molecule has 2 N–H and O–H groups in total. The molecule has 0 spiro atoms. The molecule has 242 valence electrons. The van der Waals surface area contributed by atoms with Gasteiger partial charge >= 0.3 is 0 Å². The number of amides is 2. The van der Waals surface area contributed by atoms with E-state index in [-0.39, 0.29) is 35.4 Å². The van der Waals surface area contributed by atoms with Crippen molar-refractivity contribution < 1.29 is 36.6 Å². The van der Waals surface area contributed by atoms with E-state index in [0.717, 1.165) is 29.0 Å². The molecule has 0 bridgehead atoms. The number of benzene rings is 4. The lowest BCUT2D eigenvalue weighted by Gasteiger charge is -2.29. The second-order valence-corrected chi connectivity index (χ2v) is 12.0. The molecule has 4 aromatic rings. The third kappa shape index (κ3) is 9.45. The molecule has 0 heterocycles. The molecule has 4 aromatic carbocycles. The number of hydrogen-bond acceptors (Lipinski definition) is 7. The Balaban J connectivity index is 1.39. The van der Waals surface area contributed by atoms with Gasteiger partial charge in [-0.15, -0.1) is 0 Å². The number of halogens is 1. The van der Waals surface area contributed by atoms with Gasteiger partial charge in [0.1, 0.15) is 29.1 Å². The largest absolute Gasteiger partial charge is 0.497 e. The molecule has 0 aromatic heterocycles. The van der Waals surface area contributed by atoms with Gasteiger partial charge in [-0.3, -0.25) is 14.3 Å². The number of carbonyl (C=O) groups is 2. The van der Waals surface area contributed by atoms with E-state index in [1.54, 1.807) is 33.3 Å². The molecule has 0 fully saturated rings. The zero-order chi connectivity index (χ0) is 33.1. The molecule has 0 aliphatic heterocycles. The summed E-state index contributed by atoms with van der Waals surface area (Å²) in [6.45, 7) is 1.78. The summed E-state index contributed by atoms with van der Waals surface area (Å²) in [7, 11) is -0.781. The Morgan fingerprint density at radius 1 is 0.783 bits per heavy atom. The molecular formula is C34H36FN3O7S. The van der Waals surface area contributed by atoms with Crippen LogP contribution in [0.5, 0.6) is 17.2 Å². The van der Waals surface area contributed by atoms with Crippen LogP contribution in [0.25, 0.3) is 0 Å². The molecule has 1 atom stereocenters. The first-order chi connectivity index (χ1) is 22.1. The third-order valence-corrected chi connectivity index (χ3v) is 8.54. The first-order valence-corrected chi connectivity index (χ1v) is 15.9. The van der Waals surface area contributed by atoms with Crippen molar-refractivity contribution in [2.75, 3.05) is 32.1 Å². The van der Waals surface area contributed by atoms with Crippen LogP contribution in [0.3, 0.4) is 0 Å². The Bertz CT molecular complexity index is 1700. The van der Waals surface area contributed by atoms with Gasteiger partial charge < -0.3 is 24.4 Å². The SMILES string of the molecule is COc1ccc(CCNC(=O)[C@H](C)N(Cc2ccc(OC)cc2)C(=O)COc2ccc(S(=O)(=O)Nc3ccc(F)cc3)cc2)cc1. The monoisotopic (exact) mass is 649 g/mol. The highest BCUT2D eigenvalue weighted by molar-refractivity contribution is 7.92. The summed E-state index contributed by atoms with van der Waals surface area (Å²) in [5, 5.41) is 2.91. The number of anilines is 1. The highest BCUT2D eigenvalue weighted by atomic mass is 32.2. The number of methoxy groups -OCH3 is 2. The summed E-state index contributed by atoms with van der Waals surface area (Å²) < 4.78 is 57.1. The van der Waals surface area contributed by atoms with Crippen LogP contribution in [-0.4, -0.2) is 58.5 Å². The van der Waals surface area contributed by atoms with Gasteiger partial charge in [-0.05, 0) is 97.3 Å². The minimum absolute atomic E-state index is 0.0448. The van der Waals surface area contributed by atoms with Crippen molar-refractivity contribution in [1.29, 1.82) is 0 Å². The van der Waals surface area contributed by atoms with Crippen molar-refractivity contribution in [2.24, 2.45) is 0 Å². The average molecular weight is 650 g/mol. The van der Waals surface area contributed by atoms with Crippen LogP contribution in [0.1, 0.15) is 18.1 Å². The summed E-state index contributed by atoms with van der Waals surface area (Å²) in [5.41, 5.74) is 2.02. The Morgan fingerprint density at radius 2 is 1.33 bits per heavy atom. The average Bonchev–Trinajstić information content (AvgIpc) is 3.07. The summed E-state index contributed by atoms with van der Waals surface area (Å²) in [6.07, 6.45) is 0.600. The summed E-state index contributed by atoms with van der Waals surface area (Å²) in [6, 6.07) is 24.4. The van der Waals surface area contributed by atoms with Gasteiger partial charge in [0.05, 0.1) is 19.1 Å². The molecule has 0 radical (unpaired) electrons. The van der Waals surface area contributed by atoms with Crippen LogP contribution in [0.4, 0.5) is 10.1 Å². The predicted molar refractivity (Wildman–Crippen MR) is 172 cm³/mol. The Morgan fingerprint density at radius 3 is 1.89 bits per heavy atom. The number of carbonyl (C=O) groups excluding carboxylic acids is 2. The van der Waals surface area contributed by atoms with E-state index in [0.29, 0.717) is 18.7 Å². The predicted octanol–water partition coefficient (Wildman–Crippen LogP) is 4.80. The van der Waals surface area contributed by atoms with E-state index in [1.165, 1.54) is 41.3 Å². The van der Waals surface area contributed by atoms with Gasteiger partial charge in [-0.25, -0.2) is 12.8 Å². The molecule has 0 aliphatic carbocycles. The number of hydrogen-bond donors (Lipinski definition) is 2. The fourth-order valence-electron chi connectivity index (χ4n) is 4.46. The maximum absolute atomic E-state index is 13.5. The maximum atomic E-state index is 13.5. The number of nitrogens with one attached hydrogen (secondary N) is 2. The van der Waals surface area contributed by atoms with Crippen LogP contribution >= 0.6 is 0 Å². The molecule has 2 amide bonds. The van der Waals surface area contributed by atoms with Gasteiger partial charge in [0.2, 0.25) is 5.91 Å². The molecule has 0 saturated carbocycles. The van der Waals surface area contributed by atoms with E-state index in [4.69, 9.17) is 14.2 Å². The lowest BCUT2D eigenvalue weighted by Crippen LogP contribution is -2.49. The minimum atomic E-state index is -3.94. The lowest BCUT2D eigenvalue weighted by molar-refractivity contribution is -0.142. The van der Waals surface area contributed by atoms with Crippen molar-refractivity contribution in [3.05, 3.63) is 114 Å². The zero-order valence-electron chi connectivity index (χ0n) is 25.7. The number of ether oxygens (including phenoxy) is 3. The van der Waals surface area contributed by atoms with Crippen LogP contribution in [0.2, 0.25) is 0 Å². The van der Waals surface area contributed by atoms with Gasteiger partial charge in [-0.1, -0.05) is 24.3 Å². The van der Waals surface area contributed by atoms with E-state index in [2.05, 4.69) is 10.0 Å².